The molecule has 10 heteroatoms. The number of rotatable bonds is 4. The lowest BCUT2D eigenvalue weighted by molar-refractivity contribution is 0.606. The Morgan fingerprint density at radius 3 is 2.50 bits per heavy atom. The summed E-state index contributed by atoms with van der Waals surface area (Å²) in [5.74, 6) is 0.697. The van der Waals surface area contributed by atoms with Crippen LogP contribution in [0.25, 0.3) is 0 Å². The maximum Gasteiger partial charge on any atom is 0.223 e. The Hall–Kier alpha value is -3.30. The summed E-state index contributed by atoms with van der Waals surface area (Å²) in [5, 5.41) is 3.06. The lowest BCUT2D eigenvalue weighted by Gasteiger charge is -2.17. The van der Waals surface area contributed by atoms with Gasteiger partial charge in [0.05, 0.1) is 18.7 Å². The first-order valence-corrected chi connectivity index (χ1v) is 7.09. The van der Waals surface area contributed by atoms with Gasteiger partial charge in [0.25, 0.3) is 0 Å². The minimum Gasteiger partial charge on any atom is -0.383 e. The molecule has 0 amide bonds. The van der Waals surface area contributed by atoms with Crippen LogP contribution in [-0.2, 0) is 7.05 Å². The van der Waals surface area contributed by atoms with Crippen molar-refractivity contribution in [2.45, 2.75) is 12.8 Å². The zero-order valence-electron chi connectivity index (χ0n) is 13.1. The van der Waals surface area contributed by atoms with Gasteiger partial charge in [-0.1, -0.05) is 6.92 Å². The van der Waals surface area contributed by atoms with E-state index in [9.17, 15) is 4.39 Å². The summed E-state index contributed by atoms with van der Waals surface area (Å²) in [4.78, 5) is 20.4. The lowest BCUT2D eigenvalue weighted by Crippen LogP contribution is -2.13. The van der Waals surface area contributed by atoms with Crippen molar-refractivity contribution in [1.29, 1.82) is 0 Å². The topological polar surface area (TPSA) is 133 Å². The van der Waals surface area contributed by atoms with Gasteiger partial charge < -0.3 is 21.4 Å². The van der Waals surface area contributed by atoms with E-state index >= 15 is 0 Å². The molecule has 0 fully saturated rings. The van der Waals surface area contributed by atoms with E-state index in [0.29, 0.717) is 23.0 Å². The van der Waals surface area contributed by atoms with E-state index < -0.39 is 5.82 Å². The molecule has 0 aliphatic rings. The first-order valence-electron chi connectivity index (χ1n) is 7.09. The number of nitrogens with two attached hydrogens (primary N) is 2. The van der Waals surface area contributed by atoms with E-state index in [4.69, 9.17) is 11.5 Å². The van der Waals surface area contributed by atoms with Crippen molar-refractivity contribution >= 4 is 23.4 Å². The fraction of sp³-hybridized carbons (Fsp3) is 0.214. The van der Waals surface area contributed by atoms with E-state index in [1.165, 1.54) is 0 Å². The summed E-state index contributed by atoms with van der Waals surface area (Å²) in [5.41, 5.74) is 12.3. The minimum atomic E-state index is -0.515. The standard InChI is InChI=1S/C14H16FN9/c1-7(12-18-3-8(15)4-19-12)10-11(16)22-14(17)23-13(10)21-9-5-24(2)6-20-9/h3-7H,1-2H3,(H5,16,17,21,22,23)/t7-/m0/s1. The third kappa shape index (κ3) is 3.07. The summed E-state index contributed by atoms with van der Waals surface area (Å²) < 4.78 is 14.8. The molecule has 0 spiro atoms. The number of hydrogen-bond donors (Lipinski definition) is 3. The number of aromatic nitrogens is 6. The van der Waals surface area contributed by atoms with Crippen LogP contribution in [0.4, 0.5) is 27.8 Å². The van der Waals surface area contributed by atoms with Crippen molar-refractivity contribution in [3.8, 4) is 0 Å². The second-order valence-electron chi connectivity index (χ2n) is 5.26. The fourth-order valence-corrected chi connectivity index (χ4v) is 2.30. The van der Waals surface area contributed by atoms with Crippen LogP contribution in [0, 0.1) is 5.82 Å². The van der Waals surface area contributed by atoms with Crippen molar-refractivity contribution < 1.29 is 4.39 Å². The molecule has 0 unspecified atom stereocenters. The van der Waals surface area contributed by atoms with E-state index in [2.05, 4.69) is 30.2 Å². The number of hydrogen-bond acceptors (Lipinski definition) is 8. The van der Waals surface area contributed by atoms with Gasteiger partial charge >= 0.3 is 0 Å². The second kappa shape index (κ2) is 6.07. The van der Waals surface area contributed by atoms with Crippen molar-refractivity contribution in [3.63, 3.8) is 0 Å². The molecule has 0 aliphatic heterocycles. The summed E-state index contributed by atoms with van der Waals surface area (Å²) in [6.45, 7) is 1.82. The Labute approximate surface area is 137 Å². The SMILES string of the molecule is C[C@H](c1ncc(F)cn1)c1c(N)nc(N)nc1Nc1cn(C)cn1. The molecular formula is C14H16FN9. The molecule has 3 aromatic heterocycles. The van der Waals surface area contributed by atoms with Crippen LogP contribution in [0.2, 0.25) is 0 Å². The number of halogens is 1. The molecule has 1 atom stereocenters. The summed E-state index contributed by atoms with van der Waals surface area (Å²) >= 11 is 0. The van der Waals surface area contributed by atoms with Gasteiger partial charge in [-0.3, -0.25) is 0 Å². The highest BCUT2D eigenvalue weighted by atomic mass is 19.1. The molecule has 0 saturated carbocycles. The average molecular weight is 329 g/mol. The van der Waals surface area contributed by atoms with Crippen molar-refractivity contribution in [2.75, 3.05) is 16.8 Å². The molecule has 0 aromatic carbocycles. The quantitative estimate of drug-likeness (QED) is 0.650. The Kier molecular flexibility index (Phi) is 3.94. The predicted octanol–water partition coefficient (Wildman–Crippen LogP) is 1.20. The van der Waals surface area contributed by atoms with Crippen LogP contribution in [0.15, 0.2) is 24.9 Å². The zero-order valence-corrected chi connectivity index (χ0v) is 13.1. The largest absolute Gasteiger partial charge is 0.383 e. The summed E-state index contributed by atoms with van der Waals surface area (Å²) in [7, 11) is 1.84. The molecule has 124 valence electrons. The molecule has 5 N–H and O–H groups in total. The Bertz CT molecular complexity index is 859. The molecule has 9 nitrogen and oxygen atoms in total. The molecule has 3 aromatic rings. The van der Waals surface area contributed by atoms with Crippen LogP contribution in [-0.4, -0.2) is 29.5 Å². The normalized spacial score (nSPS) is 12.1. The highest BCUT2D eigenvalue weighted by Crippen LogP contribution is 2.32. The average Bonchev–Trinajstić information content (AvgIpc) is 2.92. The number of anilines is 4. The maximum atomic E-state index is 13.0. The molecule has 0 bridgehead atoms. The maximum absolute atomic E-state index is 13.0. The molecule has 0 aliphatic carbocycles. The van der Waals surface area contributed by atoms with Crippen molar-refractivity contribution in [2.24, 2.45) is 7.05 Å². The Morgan fingerprint density at radius 1 is 1.17 bits per heavy atom. The zero-order chi connectivity index (χ0) is 17.3. The molecule has 0 radical (unpaired) electrons. The fourth-order valence-electron chi connectivity index (χ4n) is 2.30. The number of nitrogens with one attached hydrogen (secondary N) is 1. The third-order valence-electron chi connectivity index (χ3n) is 3.40. The Balaban J connectivity index is 2.03. The van der Waals surface area contributed by atoms with Gasteiger partial charge in [-0.2, -0.15) is 9.97 Å². The van der Waals surface area contributed by atoms with Crippen LogP contribution in [0.1, 0.15) is 24.2 Å². The summed E-state index contributed by atoms with van der Waals surface area (Å²) in [6.07, 6.45) is 5.61. The highest BCUT2D eigenvalue weighted by Gasteiger charge is 2.22. The molecule has 3 heterocycles. The van der Waals surface area contributed by atoms with Gasteiger partial charge in [0.2, 0.25) is 5.95 Å². The first-order chi connectivity index (χ1) is 11.4. The molecular weight excluding hydrogens is 313 g/mol. The number of aryl methyl sites for hydroxylation is 1. The van der Waals surface area contributed by atoms with Gasteiger partial charge in [0.1, 0.15) is 23.3 Å². The van der Waals surface area contributed by atoms with E-state index in [1.54, 1.807) is 17.1 Å². The van der Waals surface area contributed by atoms with Crippen LogP contribution in [0.5, 0.6) is 0 Å². The highest BCUT2D eigenvalue weighted by molar-refractivity contribution is 5.65. The summed E-state index contributed by atoms with van der Waals surface area (Å²) in [6, 6.07) is 0. The number of nitrogens with zero attached hydrogens (tertiary/aromatic N) is 6. The van der Waals surface area contributed by atoms with Gasteiger partial charge in [0.15, 0.2) is 5.82 Å². The predicted molar refractivity (Wildman–Crippen MR) is 86.9 cm³/mol. The third-order valence-corrected chi connectivity index (χ3v) is 3.40. The van der Waals surface area contributed by atoms with Crippen LogP contribution >= 0.6 is 0 Å². The smallest absolute Gasteiger partial charge is 0.223 e. The number of nitrogen functional groups attached to an aromatic ring is 2. The van der Waals surface area contributed by atoms with Gasteiger partial charge in [0, 0.05) is 24.7 Å². The molecule has 3 rings (SSSR count). The first kappa shape index (κ1) is 15.6. The number of imidazole rings is 1. The van der Waals surface area contributed by atoms with Crippen molar-refractivity contribution in [1.82, 2.24) is 29.5 Å². The van der Waals surface area contributed by atoms with Crippen molar-refractivity contribution in [3.05, 3.63) is 42.1 Å². The molecule has 0 saturated heterocycles. The van der Waals surface area contributed by atoms with Gasteiger partial charge in [-0.05, 0) is 0 Å². The van der Waals surface area contributed by atoms with Gasteiger partial charge in [-0.15, -0.1) is 0 Å². The van der Waals surface area contributed by atoms with E-state index in [-0.39, 0.29) is 17.7 Å². The molecule has 24 heavy (non-hydrogen) atoms. The van der Waals surface area contributed by atoms with Gasteiger partial charge in [-0.25, -0.2) is 19.3 Å². The van der Waals surface area contributed by atoms with E-state index in [1.807, 2.05) is 14.0 Å². The van der Waals surface area contributed by atoms with Crippen LogP contribution < -0.4 is 16.8 Å². The minimum absolute atomic E-state index is 0.0295. The van der Waals surface area contributed by atoms with E-state index in [0.717, 1.165) is 12.4 Å². The lowest BCUT2D eigenvalue weighted by atomic mass is 10.0. The second-order valence-corrected chi connectivity index (χ2v) is 5.26. The monoisotopic (exact) mass is 329 g/mol. The van der Waals surface area contributed by atoms with Crippen LogP contribution in [0.3, 0.4) is 0 Å². The Morgan fingerprint density at radius 2 is 1.88 bits per heavy atom.